The smallest absolute Gasteiger partial charge is 0.451 e. The van der Waals surface area contributed by atoms with Gasteiger partial charge in [-0.15, -0.1) is 0 Å². The molecule has 0 heterocycles. The largest absolute Gasteiger partial charge is 0.639 e. The molecular weight excluding hydrogens is 287 g/mol. The van der Waals surface area contributed by atoms with E-state index in [1.165, 1.54) is 0 Å². The van der Waals surface area contributed by atoms with Crippen LogP contribution in [-0.2, 0) is 33.2 Å². The molecule has 0 amide bonds. The minimum Gasteiger partial charge on any atom is -0.451 e. The number of ether oxygens (including phenoxy) is 3. The highest BCUT2D eigenvalue weighted by Gasteiger charge is 2.45. The molecule has 0 aromatic carbocycles. The van der Waals surface area contributed by atoms with E-state index in [-0.39, 0.29) is 0 Å². The van der Waals surface area contributed by atoms with Crippen molar-refractivity contribution in [3.05, 3.63) is 38.0 Å². The molecule has 0 saturated carbocycles. The van der Waals surface area contributed by atoms with Crippen LogP contribution in [0.15, 0.2) is 38.0 Å². The molecule has 0 bridgehead atoms. The standard InChI is InChI=1S/C11H13BO9/c1-4-8(13)18-7-11(21-12(16)17,19-9(14)5-2)20-10(15)6-3/h4-6,16-17H,1-3,7H2. The molecule has 9 nitrogen and oxygen atoms in total. The van der Waals surface area contributed by atoms with Gasteiger partial charge in [-0.25, -0.2) is 14.4 Å². The second kappa shape index (κ2) is 8.69. The van der Waals surface area contributed by atoms with Gasteiger partial charge in [-0.1, -0.05) is 19.7 Å². The molecule has 0 rings (SSSR count). The van der Waals surface area contributed by atoms with Crippen LogP contribution in [0.1, 0.15) is 0 Å². The van der Waals surface area contributed by atoms with Crippen LogP contribution in [0.5, 0.6) is 0 Å². The minimum absolute atomic E-state index is 0.679. The zero-order valence-corrected chi connectivity index (χ0v) is 10.9. The topological polar surface area (TPSA) is 129 Å². The van der Waals surface area contributed by atoms with Gasteiger partial charge in [-0.2, -0.15) is 0 Å². The van der Waals surface area contributed by atoms with Crippen LogP contribution < -0.4 is 0 Å². The van der Waals surface area contributed by atoms with Gasteiger partial charge in [0.1, 0.15) is 0 Å². The normalized spacial score (nSPS) is 10.0. The Kier molecular flexibility index (Phi) is 7.68. The fourth-order valence-electron chi connectivity index (χ4n) is 0.931. The fraction of sp³-hybridized carbons (Fsp3) is 0.182. The van der Waals surface area contributed by atoms with Gasteiger partial charge in [0.2, 0.25) is 0 Å². The number of hydrogen-bond donors (Lipinski definition) is 2. The lowest BCUT2D eigenvalue weighted by Gasteiger charge is -2.30. The van der Waals surface area contributed by atoms with Gasteiger partial charge in [0.15, 0.2) is 6.61 Å². The van der Waals surface area contributed by atoms with Crippen molar-refractivity contribution >= 4 is 25.2 Å². The summed E-state index contributed by atoms with van der Waals surface area (Å²) in [4.78, 5) is 33.5. The molecule has 0 unspecified atom stereocenters. The average molecular weight is 300 g/mol. The Hall–Kier alpha value is -2.43. The SMILES string of the molecule is C=CC(=O)OCC(OB(O)O)(OC(=O)C=C)OC(=O)C=C. The molecule has 0 aromatic rings. The van der Waals surface area contributed by atoms with E-state index in [1.807, 2.05) is 0 Å². The van der Waals surface area contributed by atoms with Crippen LogP contribution in [-0.4, -0.2) is 47.9 Å². The summed E-state index contributed by atoms with van der Waals surface area (Å²) in [6, 6.07) is 0. The minimum atomic E-state index is -2.73. The number of carbonyl (C=O) groups is 3. The Labute approximate surface area is 120 Å². The van der Waals surface area contributed by atoms with Crippen LogP contribution in [0.25, 0.3) is 0 Å². The molecule has 0 saturated heterocycles. The quantitative estimate of drug-likeness (QED) is 0.234. The van der Waals surface area contributed by atoms with Crippen molar-refractivity contribution in [3.63, 3.8) is 0 Å². The van der Waals surface area contributed by atoms with Crippen molar-refractivity contribution in [2.75, 3.05) is 6.61 Å². The highest BCUT2D eigenvalue weighted by molar-refractivity contribution is 6.32. The third-order valence-electron chi connectivity index (χ3n) is 1.69. The van der Waals surface area contributed by atoms with Crippen molar-refractivity contribution < 1.29 is 43.3 Å². The van der Waals surface area contributed by atoms with Gasteiger partial charge in [0.25, 0.3) is 0 Å². The van der Waals surface area contributed by atoms with E-state index >= 15 is 0 Å². The van der Waals surface area contributed by atoms with Gasteiger partial charge in [0, 0.05) is 18.2 Å². The summed E-state index contributed by atoms with van der Waals surface area (Å²) in [5.41, 5.74) is 0. The molecule has 21 heavy (non-hydrogen) atoms. The number of hydrogen-bond acceptors (Lipinski definition) is 9. The molecule has 0 aliphatic heterocycles. The highest BCUT2D eigenvalue weighted by atomic mass is 16.9. The van der Waals surface area contributed by atoms with Crippen LogP contribution >= 0.6 is 0 Å². The summed E-state index contributed by atoms with van der Waals surface area (Å²) in [6.45, 7) is 8.31. The fourth-order valence-corrected chi connectivity index (χ4v) is 0.931. The number of esters is 3. The maximum absolute atomic E-state index is 11.2. The molecule has 0 aromatic heterocycles. The van der Waals surface area contributed by atoms with Gasteiger partial charge in [0.05, 0.1) is 0 Å². The Morgan fingerprint density at radius 3 is 1.71 bits per heavy atom. The average Bonchev–Trinajstić information content (AvgIpc) is 2.43. The van der Waals surface area contributed by atoms with E-state index in [9.17, 15) is 14.4 Å². The van der Waals surface area contributed by atoms with Crippen molar-refractivity contribution in [1.82, 2.24) is 0 Å². The van der Waals surface area contributed by atoms with E-state index < -0.39 is 37.8 Å². The second-order valence-corrected chi connectivity index (χ2v) is 3.19. The number of rotatable bonds is 9. The maximum Gasteiger partial charge on any atom is 0.639 e. The Balaban J connectivity index is 5.34. The second-order valence-electron chi connectivity index (χ2n) is 3.19. The van der Waals surface area contributed by atoms with Crippen LogP contribution in [0.2, 0.25) is 0 Å². The highest BCUT2D eigenvalue weighted by Crippen LogP contribution is 2.18. The first-order chi connectivity index (χ1) is 9.78. The molecule has 114 valence electrons. The summed E-state index contributed by atoms with van der Waals surface area (Å²) in [5.74, 6) is -6.01. The first-order valence-electron chi connectivity index (χ1n) is 5.32. The summed E-state index contributed by atoms with van der Waals surface area (Å²) in [7, 11) is -2.51. The lowest BCUT2D eigenvalue weighted by molar-refractivity contribution is -0.328. The molecular formula is C11H13BO9. The summed E-state index contributed by atoms with van der Waals surface area (Å²) in [5, 5.41) is 17.6. The van der Waals surface area contributed by atoms with E-state index in [2.05, 4.69) is 38.6 Å². The van der Waals surface area contributed by atoms with Crippen LogP contribution in [0, 0.1) is 0 Å². The molecule has 0 radical (unpaired) electrons. The summed E-state index contributed by atoms with van der Waals surface area (Å²) >= 11 is 0. The lowest BCUT2D eigenvalue weighted by Crippen LogP contribution is -2.50. The Morgan fingerprint density at radius 1 is 0.952 bits per heavy atom. The van der Waals surface area contributed by atoms with Crippen LogP contribution in [0.4, 0.5) is 0 Å². The third kappa shape index (κ3) is 7.06. The predicted molar refractivity (Wildman–Crippen MR) is 67.7 cm³/mol. The van der Waals surface area contributed by atoms with Crippen molar-refractivity contribution in [3.8, 4) is 0 Å². The zero-order valence-electron chi connectivity index (χ0n) is 10.9. The molecule has 0 aliphatic carbocycles. The molecule has 0 spiro atoms. The predicted octanol–water partition coefficient (Wildman–Crippen LogP) is -1.19. The van der Waals surface area contributed by atoms with Gasteiger partial charge < -0.3 is 28.9 Å². The monoisotopic (exact) mass is 300 g/mol. The first kappa shape index (κ1) is 18.6. The molecule has 0 aliphatic rings. The summed E-state index contributed by atoms with van der Waals surface area (Å²) in [6.07, 6.45) is 2.13. The summed E-state index contributed by atoms with van der Waals surface area (Å²) < 4.78 is 18.0. The van der Waals surface area contributed by atoms with E-state index in [0.717, 1.165) is 6.08 Å². The van der Waals surface area contributed by atoms with Gasteiger partial charge >= 0.3 is 31.2 Å². The zero-order chi connectivity index (χ0) is 16.5. The third-order valence-corrected chi connectivity index (χ3v) is 1.69. The number of carbonyl (C=O) groups excluding carboxylic acids is 3. The van der Waals surface area contributed by atoms with Crippen molar-refractivity contribution in [1.29, 1.82) is 0 Å². The maximum atomic E-state index is 11.2. The van der Waals surface area contributed by atoms with Gasteiger partial charge in [-0.3, -0.25) is 0 Å². The van der Waals surface area contributed by atoms with Crippen LogP contribution in [0.3, 0.4) is 0 Å². The van der Waals surface area contributed by atoms with Crippen molar-refractivity contribution in [2.24, 2.45) is 0 Å². The van der Waals surface area contributed by atoms with Crippen molar-refractivity contribution in [2.45, 2.75) is 5.97 Å². The Morgan fingerprint density at radius 2 is 1.38 bits per heavy atom. The molecule has 10 heteroatoms. The molecule has 0 fully saturated rings. The first-order valence-corrected chi connectivity index (χ1v) is 5.32. The van der Waals surface area contributed by atoms with E-state index in [4.69, 9.17) is 10.0 Å². The molecule has 0 atom stereocenters. The van der Waals surface area contributed by atoms with Gasteiger partial charge in [-0.05, 0) is 0 Å². The lowest BCUT2D eigenvalue weighted by atomic mass is 10.2. The Bertz CT molecular complexity index is 421. The molecule has 2 N–H and O–H groups in total. The van der Waals surface area contributed by atoms with E-state index in [0.29, 0.717) is 12.2 Å². The van der Waals surface area contributed by atoms with E-state index in [1.54, 1.807) is 0 Å².